The van der Waals surface area contributed by atoms with E-state index in [2.05, 4.69) is 5.32 Å². The number of rotatable bonds is 5. The minimum Gasteiger partial charge on any atom is -0.356 e. The van der Waals surface area contributed by atoms with Gasteiger partial charge in [0.15, 0.2) is 0 Å². The molecule has 2 saturated carbocycles. The molecule has 1 unspecified atom stereocenters. The first-order chi connectivity index (χ1) is 14.0. The molecule has 3 aliphatic carbocycles. The third-order valence-electron chi connectivity index (χ3n) is 7.81. The fourth-order valence-corrected chi connectivity index (χ4v) is 7.47. The van der Waals surface area contributed by atoms with Gasteiger partial charge in [-0.2, -0.15) is 4.31 Å². The monoisotopic (exact) mass is 416 g/mol. The zero-order valence-corrected chi connectivity index (χ0v) is 18.0. The van der Waals surface area contributed by atoms with Crippen LogP contribution in [-0.2, 0) is 27.7 Å². The summed E-state index contributed by atoms with van der Waals surface area (Å²) < 4.78 is 28.7. The van der Waals surface area contributed by atoms with Gasteiger partial charge in [-0.1, -0.05) is 25.3 Å². The first-order valence-corrected chi connectivity index (χ1v) is 12.8. The molecule has 3 fully saturated rings. The molecule has 0 radical (unpaired) electrons. The maximum absolute atomic E-state index is 13.5. The Bertz CT molecular complexity index is 901. The Kier molecular flexibility index (Phi) is 4.98. The van der Waals surface area contributed by atoms with Crippen molar-refractivity contribution in [1.82, 2.24) is 9.62 Å². The van der Waals surface area contributed by atoms with E-state index in [0.29, 0.717) is 24.5 Å². The van der Waals surface area contributed by atoms with Gasteiger partial charge in [-0.25, -0.2) is 8.42 Å². The van der Waals surface area contributed by atoms with Crippen molar-refractivity contribution >= 4 is 15.9 Å². The molecule has 1 heterocycles. The van der Waals surface area contributed by atoms with Crippen LogP contribution in [0.5, 0.6) is 0 Å². The lowest BCUT2D eigenvalue weighted by Gasteiger charge is -2.38. The van der Waals surface area contributed by atoms with Crippen LogP contribution in [0.25, 0.3) is 0 Å². The van der Waals surface area contributed by atoms with Crippen molar-refractivity contribution in [2.75, 3.05) is 19.6 Å². The third kappa shape index (κ3) is 3.63. The van der Waals surface area contributed by atoms with Gasteiger partial charge in [-0.15, -0.1) is 0 Å². The minimum atomic E-state index is -3.49. The lowest BCUT2D eigenvalue weighted by Crippen LogP contribution is -2.40. The van der Waals surface area contributed by atoms with Gasteiger partial charge in [0.1, 0.15) is 0 Å². The number of hydrogen-bond donors (Lipinski definition) is 1. The van der Waals surface area contributed by atoms with Crippen molar-refractivity contribution < 1.29 is 13.2 Å². The predicted molar refractivity (Wildman–Crippen MR) is 112 cm³/mol. The summed E-state index contributed by atoms with van der Waals surface area (Å²) in [5, 5.41) is 3.14. The normalized spacial score (nSPS) is 26.6. The SMILES string of the molecule is O=C(NCC1CN(S(=O)(=O)c2ccc3c(c2)CCC3)CC12CCCCC2)C1CC1. The van der Waals surface area contributed by atoms with Crippen molar-refractivity contribution in [3.63, 3.8) is 0 Å². The Balaban J connectivity index is 1.37. The highest BCUT2D eigenvalue weighted by Gasteiger charge is 2.50. The van der Waals surface area contributed by atoms with Crippen LogP contribution in [0, 0.1) is 17.3 Å². The molecule has 29 heavy (non-hydrogen) atoms. The van der Waals surface area contributed by atoms with Crippen LogP contribution in [0.15, 0.2) is 23.1 Å². The summed E-state index contributed by atoms with van der Waals surface area (Å²) >= 11 is 0. The van der Waals surface area contributed by atoms with Crippen LogP contribution < -0.4 is 5.32 Å². The maximum Gasteiger partial charge on any atom is 0.243 e. The predicted octanol–water partition coefficient (Wildman–Crippen LogP) is 3.27. The number of aryl methyl sites for hydroxylation is 2. The number of fused-ring (bicyclic) bond motifs is 1. The summed E-state index contributed by atoms with van der Waals surface area (Å²) in [6.07, 6.45) is 10.9. The van der Waals surface area contributed by atoms with Gasteiger partial charge in [-0.05, 0) is 79.5 Å². The van der Waals surface area contributed by atoms with Gasteiger partial charge in [0.05, 0.1) is 4.90 Å². The molecule has 1 spiro atoms. The molecule has 1 amide bonds. The highest BCUT2D eigenvalue weighted by molar-refractivity contribution is 7.89. The molecule has 1 saturated heterocycles. The molecule has 0 bridgehead atoms. The van der Waals surface area contributed by atoms with E-state index >= 15 is 0 Å². The first kappa shape index (κ1) is 19.6. The van der Waals surface area contributed by atoms with Crippen LogP contribution >= 0.6 is 0 Å². The second-order valence-electron chi connectivity index (χ2n) is 9.72. The average molecular weight is 417 g/mol. The molecule has 1 N–H and O–H groups in total. The molecule has 158 valence electrons. The van der Waals surface area contributed by atoms with Crippen molar-refractivity contribution in [2.24, 2.45) is 17.3 Å². The smallest absolute Gasteiger partial charge is 0.243 e. The largest absolute Gasteiger partial charge is 0.356 e. The van der Waals surface area contributed by atoms with E-state index in [0.717, 1.165) is 44.9 Å². The Hall–Kier alpha value is -1.40. The Morgan fingerprint density at radius 3 is 2.59 bits per heavy atom. The molecule has 1 aromatic carbocycles. The summed E-state index contributed by atoms with van der Waals surface area (Å²) in [6.45, 7) is 1.76. The van der Waals surface area contributed by atoms with E-state index in [-0.39, 0.29) is 23.2 Å². The van der Waals surface area contributed by atoms with E-state index in [1.807, 2.05) is 12.1 Å². The fourth-order valence-electron chi connectivity index (χ4n) is 5.84. The van der Waals surface area contributed by atoms with Crippen LogP contribution in [0.1, 0.15) is 62.5 Å². The average Bonchev–Trinajstić information content (AvgIpc) is 3.37. The first-order valence-electron chi connectivity index (χ1n) is 11.4. The van der Waals surface area contributed by atoms with E-state index in [1.54, 1.807) is 10.4 Å². The molecule has 5 nitrogen and oxygen atoms in total. The summed E-state index contributed by atoms with van der Waals surface area (Å²) in [5.41, 5.74) is 2.53. The molecule has 5 rings (SSSR count). The van der Waals surface area contributed by atoms with Gasteiger partial charge in [-0.3, -0.25) is 4.79 Å². The Morgan fingerprint density at radius 2 is 1.83 bits per heavy atom. The van der Waals surface area contributed by atoms with Gasteiger partial charge in [0, 0.05) is 25.6 Å². The number of benzene rings is 1. The lowest BCUT2D eigenvalue weighted by atomic mass is 9.68. The standard InChI is InChI=1S/C23H32N2O3S/c26-22(18-7-8-18)24-14-20-15-25(16-23(20)11-2-1-3-12-23)29(27,28)21-10-9-17-5-4-6-19(17)13-21/h9-10,13,18,20H,1-8,11-12,14-16H2,(H,24,26). The second kappa shape index (κ2) is 7.38. The molecular formula is C23H32N2O3S. The van der Waals surface area contributed by atoms with E-state index < -0.39 is 10.0 Å². The zero-order valence-electron chi connectivity index (χ0n) is 17.2. The molecule has 1 atom stereocenters. The number of amides is 1. The van der Waals surface area contributed by atoms with Crippen molar-refractivity contribution in [1.29, 1.82) is 0 Å². The minimum absolute atomic E-state index is 0.0267. The second-order valence-corrected chi connectivity index (χ2v) is 11.7. The number of sulfonamides is 1. The highest BCUT2D eigenvalue weighted by atomic mass is 32.2. The summed E-state index contributed by atoms with van der Waals surface area (Å²) in [4.78, 5) is 12.6. The van der Waals surface area contributed by atoms with Crippen LogP contribution in [0.4, 0.5) is 0 Å². The van der Waals surface area contributed by atoms with E-state index in [9.17, 15) is 13.2 Å². The van der Waals surface area contributed by atoms with Gasteiger partial charge in [0.2, 0.25) is 15.9 Å². The zero-order chi connectivity index (χ0) is 20.1. The maximum atomic E-state index is 13.5. The summed E-state index contributed by atoms with van der Waals surface area (Å²) in [6, 6.07) is 5.72. The number of hydrogen-bond acceptors (Lipinski definition) is 3. The van der Waals surface area contributed by atoms with E-state index in [1.165, 1.54) is 30.4 Å². The van der Waals surface area contributed by atoms with Crippen LogP contribution in [0.3, 0.4) is 0 Å². The molecular weight excluding hydrogens is 384 g/mol. The van der Waals surface area contributed by atoms with Crippen LogP contribution in [0.2, 0.25) is 0 Å². The van der Waals surface area contributed by atoms with Crippen molar-refractivity contribution in [3.8, 4) is 0 Å². The fraction of sp³-hybridized carbons (Fsp3) is 0.696. The molecule has 4 aliphatic rings. The van der Waals surface area contributed by atoms with Gasteiger partial charge < -0.3 is 5.32 Å². The lowest BCUT2D eigenvalue weighted by molar-refractivity contribution is -0.122. The topological polar surface area (TPSA) is 66.5 Å². The molecule has 6 heteroatoms. The molecule has 1 aromatic rings. The summed E-state index contributed by atoms with van der Waals surface area (Å²) in [5.74, 6) is 0.579. The van der Waals surface area contributed by atoms with Gasteiger partial charge >= 0.3 is 0 Å². The Morgan fingerprint density at radius 1 is 1.07 bits per heavy atom. The third-order valence-corrected chi connectivity index (χ3v) is 9.62. The van der Waals surface area contributed by atoms with Crippen molar-refractivity contribution in [2.45, 2.75) is 69.1 Å². The van der Waals surface area contributed by atoms with Crippen molar-refractivity contribution in [3.05, 3.63) is 29.3 Å². The molecule has 1 aliphatic heterocycles. The van der Waals surface area contributed by atoms with E-state index in [4.69, 9.17) is 0 Å². The van der Waals surface area contributed by atoms with Gasteiger partial charge in [0.25, 0.3) is 0 Å². The number of carbonyl (C=O) groups is 1. The summed E-state index contributed by atoms with van der Waals surface area (Å²) in [7, 11) is -3.49. The molecule has 0 aromatic heterocycles. The number of nitrogens with zero attached hydrogens (tertiary/aromatic N) is 1. The Labute approximate surface area is 174 Å². The highest BCUT2D eigenvalue weighted by Crippen LogP contribution is 2.48. The number of carbonyl (C=O) groups excluding carboxylic acids is 1. The number of nitrogens with one attached hydrogen (secondary N) is 1. The quantitative estimate of drug-likeness (QED) is 0.801. The van der Waals surface area contributed by atoms with Crippen LogP contribution in [-0.4, -0.2) is 38.3 Å².